The summed E-state index contributed by atoms with van der Waals surface area (Å²) in [5.41, 5.74) is 1.15. The van der Waals surface area contributed by atoms with E-state index in [0.717, 1.165) is 19.4 Å². The van der Waals surface area contributed by atoms with Crippen LogP contribution in [-0.2, 0) is 9.53 Å². The number of nitrogens with one attached hydrogen (secondary N) is 1. The molecule has 3 rings (SSSR count). The van der Waals surface area contributed by atoms with Gasteiger partial charge in [0.1, 0.15) is 5.75 Å². The van der Waals surface area contributed by atoms with Crippen molar-refractivity contribution < 1.29 is 19.1 Å². The van der Waals surface area contributed by atoms with Crippen LogP contribution >= 0.6 is 0 Å². The first-order chi connectivity index (χ1) is 10.6. The molecule has 0 aromatic heterocycles. The molecule has 2 heterocycles. The van der Waals surface area contributed by atoms with Gasteiger partial charge < -0.3 is 19.7 Å². The summed E-state index contributed by atoms with van der Waals surface area (Å²) in [5.74, 6) is 0.447. The Morgan fingerprint density at radius 2 is 2.27 bits per heavy atom. The summed E-state index contributed by atoms with van der Waals surface area (Å²) < 4.78 is 11.0. The molecule has 1 N–H and O–H groups in total. The predicted octanol–water partition coefficient (Wildman–Crippen LogP) is 1.34. The first-order valence-corrected chi connectivity index (χ1v) is 7.58. The zero-order chi connectivity index (χ0) is 15.5. The number of carbonyl (C=O) groups is 2. The maximum atomic E-state index is 12.3. The Kier molecular flexibility index (Phi) is 4.29. The van der Waals surface area contributed by atoms with E-state index >= 15 is 0 Å². The monoisotopic (exact) mass is 304 g/mol. The van der Waals surface area contributed by atoms with Crippen molar-refractivity contribution in [3.05, 3.63) is 23.8 Å². The Hall–Kier alpha value is -2.08. The number of hydrogen-bond acceptors (Lipinski definition) is 4. The molecule has 1 aromatic carbocycles. The molecular weight excluding hydrogens is 284 g/mol. The molecule has 1 fully saturated rings. The second-order valence-electron chi connectivity index (χ2n) is 5.58. The molecule has 0 saturated carbocycles. The highest BCUT2D eigenvalue weighted by Crippen LogP contribution is 2.31. The molecule has 0 aliphatic carbocycles. The van der Waals surface area contributed by atoms with E-state index in [-0.39, 0.29) is 17.9 Å². The lowest BCUT2D eigenvalue weighted by Gasteiger charge is -2.17. The summed E-state index contributed by atoms with van der Waals surface area (Å²) in [6.45, 7) is 1.64. The van der Waals surface area contributed by atoms with Crippen molar-refractivity contribution in [3.63, 3.8) is 0 Å². The van der Waals surface area contributed by atoms with Crippen molar-refractivity contribution in [2.24, 2.45) is 0 Å². The molecule has 1 saturated heterocycles. The SMILES string of the molecule is CN1C(=O)CCOc2ccc(C(=O)NCC3CCCO3)cc21. The molecule has 1 aromatic rings. The topological polar surface area (TPSA) is 67.9 Å². The van der Waals surface area contributed by atoms with Gasteiger partial charge in [0.05, 0.1) is 24.8 Å². The molecule has 22 heavy (non-hydrogen) atoms. The van der Waals surface area contributed by atoms with Crippen LogP contribution in [0.3, 0.4) is 0 Å². The summed E-state index contributed by atoms with van der Waals surface area (Å²) in [4.78, 5) is 25.7. The highest BCUT2D eigenvalue weighted by molar-refractivity contribution is 5.99. The molecular formula is C16H20N2O4. The minimum atomic E-state index is -0.164. The molecule has 1 unspecified atom stereocenters. The second-order valence-corrected chi connectivity index (χ2v) is 5.58. The third-order valence-corrected chi connectivity index (χ3v) is 4.04. The van der Waals surface area contributed by atoms with Gasteiger partial charge in [-0.25, -0.2) is 0 Å². The summed E-state index contributed by atoms with van der Waals surface area (Å²) in [6, 6.07) is 5.15. The van der Waals surface area contributed by atoms with Crippen LogP contribution < -0.4 is 15.0 Å². The summed E-state index contributed by atoms with van der Waals surface area (Å²) in [5, 5.41) is 2.88. The Morgan fingerprint density at radius 1 is 1.41 bits per heavy atom. The Balaban J connectivity index is 1.72. The van der Waals surface area contributed by atoms with Crippen molar-refractivity contribution in [2.45, 2.75) is 25.4 Å². The molecule has 2 aliphatic rings. The zero-order valence-corrected chi connectivity index (χ0v) is 12.6. The fourth-order valence-corrected chi connectivity index (χ4v) is 2.71. The van der Waals surface area contributed by atoms with Gasteiger partial charge in [-0.2, -0.15) is 0 Å². The lowest BCUT2D eigenvalue weighted by molar-refractivity contribution is -0.118. The fraction of sp³-hybridized carbons (Fsp3) is 0.500. The summed E-state index contributed by atoms with van der Waals surface area (Å²) in [7, 11) is 1.70. The molecule has 0 spiro atoms. The van der Waals surface area contributed by atoms with Gasteiger partial charge in [-0.05, 0) is 31.0 Å². The van der Waals surface area contributed by atoms with E-state index in [4.69, 9.17) is 9.47 Å². The van der Waals surface area contributed by atoms with Crippen LogP contribution in [0.1, 0.15) is 29.6 Å². The minimum Gasteiger partial charge on any atom is -0.491 e. The van der Waals surface area contributed by atoms with Crippen LogP contribution in [0.15, 0.2) is 18.2 Å². The Labute approximate surface area is 129 Å². The number of benzene rings is 1. The summed E-state index contributed by atoms with van der Waals surface area (Å²) >= 11 is 0. The molecule has 1 atom stereocenters. The molecule has 0 bridgehead atoms. The van der Waals surface area contributed by atoms with Crippen LogP contribution in [0.25, 0.3) is 0 Å². The lowest BCUT2D eigenvalue weighted by Crippen LogP contribution is -2.32. The molecule has 6 nitrogen and oxygen atoms in total. The zero-order valence-electron chi connectivity index (χ0n) is 12.6. The average Bonchev–Trinajstić information content (AvgIpc) is 3.00. The van der Waals surface area contributed by atoms with Gasteiger partial charge in [-0.15, -0.1) is 0 Å². The van der Waals surface area contributed by atoms with Gasteiger partial charge in [0, 0.05) is 25.8 Å². The number of ether oxygens (including phenoxy) is 2. The standard InChI is InChI=1S/C16H20N2O4/c1-18-13-9-11(4-5-14(13)22-8-6-15(18)19)16(20)17-10-12-3-2-7-21-12/h4-5,9,12H,2-3,6-8,10H2,1H3,(H,17,20). The van der Waals surface area contributed by atoms with Crippen molar-refractivity contribution in [2.75, 3.05) is 31.7 Å². The van der Waals surface area contributed by atoms with Gasteiger partial charge in [0.2, 0.25) is 5.91 Å². The average molecular weight is 304 g/mol. The van der Waals surface area contributed by atoms with Crippen LogP contribution in [0.5, 0.6) is 5.75 Å². The maximum Gasteiger partial charge on any atom is 0.251 e. The fourth-order valence-electron chi connectivity index (χ4n) is 2.71. The molecule has 2 aliphatic heterocycles. The first-order valence-electron chi connectivity index (χ1n) is 7.58. The third-order valence-electron chi connectivity index (χ3n) is 4.04. The van der Waals surface area contributed by atoms with Gasteiger partial charge in [-0.1, -0.05) is 0 Å². The highest BCUT2D eigenvalue weighted by atomic mass is 16.5. The number of anilines is 1. The number of amides is 2. The highest BCUT2D eigenvalue weighted by Gasteiger charge is 2.22. The first kappa shape index (κ1) is 14.8. The van der Waals surface area contributed by atoms with Gasteiger partial charge >= 0.3 is 0 Å². The van der Waals surface area contributed by atoms with Gasteiger partial charge in [0.25, 0.3) is 5.91 Å². The number of carbonyl (C=O) groups excluding carboxylic acids is 2. The number of rotatable bonds is 3. The quantitative estimate of drug-likeness (QED) is 0.915. The number of nitrogens with zero attached hydrogens (tertiary/aromatic N) is 1. The van der Waals surface area contributed by atoms with E-state index in [1.807, 2.05) is 0 Å². The normalized spacial score (nSPS) is 21.0. The number of hydrogen-bond donors (Lipinski definition) is 1. The third kappa shape index (κ3) is 3.06. The molecule has 0 radical (unpaired) electrons. The van der Waals surface area contributed by atoms with E-state index in [0.29, 0.717) is 36.6 Å². The minimum absolute atomic E-state index is 0.0179. The van der Waals surface area contributed by atoms with Crippen LogP contribution in [0.2, 0.25) is 0 Å². The lowest BCUT2D eigenvalue weighted by atomic mass is 10.1. The van der Waals surface area contributed by atoms with Crippen LogP contribution in [-0.4, -0.2) is 44.7 Å². The predicted molar refractivity (Wildman–Crippen MR) is 81.3 cm³/mol. The molecule has 118 valence electrons. The molecule has 6 heteroatoms. The van der Waals surface area contributed by atoms with Crippen molar-refractivity contribution in [3.8, 4) is 5.75 Å². The van der Waals surface area contributed by atoms with E-state index in [1.54, 1.807) is 30.1 Å². The van der Waals surface area contributed by atoms with Crippen molar-refractivity contribution in [1.82, 2.24) is 5.32 Å². The molecule has 2 amide bonds. The summed E-state index contributed by atoms with van der Waals surface area (Å²) in [6.07, 6.45) is 2.47. The van der Waals surface area contributed by atoms with Crippen molar-refractivity contribution >= 4 is 17.5 Å². The van der Waals surface area contributed by atoms with E-state index < -0.39 is 0 Å². The van der Waals surface area contributed by atoms with Crippen LogP contribution in [0, 0.1) is 0 Å². The largest absolute Gasteiger partial charge is 0.491 e. The second kappa shape index (κ2) is 6.36. The van der Waals surface area contributed by atoms with E-state index in [2.05, 4.69) is 5.32 Å². The van der Waals surface area contributed by atoms with Crippen LogP contribution in [0.4, 0.5) is 5.69 Å². The smallest absolute Gasteiger partial charge is 0.251 e. The Morgan fingerprint density at radius 3 is 3.05 bits per heavy atom. The van der Waals surface area contributed by atoms with Gasteiger partial charge in [-0.3, -0.25) is 9.59 Å². The van der Waals surface area contributed by atoms with E-state index in [1.165, 1.54) is 0 Å². The van der Waals surface area contributed by atoms with Gasteiger partial charge in [0.15, 0.2) is 0 Å². The van der Waals surface area contributed by atoms with Crippen molar-refractivity contribution in [1.29, 1.82) is 0 Å². The number of fused-ring (bicyclic) bond motifs is 1. The van der Waals surface area contributed by atoms with E-state index in [9.17, 15) is 9.59 Å². The maximum absolute atomic E-state index is 12.3. The Bertz CT molecular complexity index is 582.